The third kappa shape index (κ3) is 3.04. The molecular formula is C8H12N4O2S. The van der Waals surface area contributed by atoms with Crippen molar-refractivity contribution in [3.8, 4) is 6.07 Å². The van der Waals surface area contributed by atoms with Gasteiger partial charge in [-0.2, -0.15) is 10.4 Å². The van der Waals surface area contributed by atoms with Crippen molar-refractivity contribution in [2.24, 2.45) is 7.05 Å². The molecule has 0 atom stereocenters. The smallest absolute Gasteiger partial charge is 0.256 e. The summed E-state index contributed by atoms with van der Waals surface area (Å²) in [6.45, 7) is 0.265. The van der Waals surface area contributed by atoms with Crippen molar-refractivity contribution in [3.05, 3.63) is 12.3 Å². The highest BCUT2D eigenvalue weighted by molar-refractivity contribution is 7.89. The maximum Gasteiger partial charge on any atom is 0.257 e. The summed E-state index contributed by atoms with van der Waals surface area (Å²) in [6, 6.07) is 3.37. The Kier molecular flexibility index (Phi) is 3.82. The number of rotatable bonds is 5. The number of sulfonamides is 1. The van der Waals surface area contributed by atoms with Crippen LogP contribution in [0.4, 0.5) is 0 Å². The first kappa shape index (κ1) is 11.7. The fraction of sp³-hybridized carbons (Fsp3) is 0.500. The van der Waals surface area contributed by atoms with Crippen LogP contribution in [-0.2, 0) is 17.1 Å². The Morgan fingerprint density at radius 3 is 2.93 bits per heavy atom. The van der Waals surface area contributed by atoms with Crippen molar-refractivity contribution >= 4 is 10.0 Å². The van der Waals surface area contributed by atoms with E-state index in [1.165, 1.54) is 16.9 Å². The van der Waals surface area contributed by atoms with Gasteiger partial charge in [-0.15, -0.1) is 0 Å². The molecule has 0 unspecified atom stereocenters. The summed E-state index contributed by atoms with van der Waals surface area (Å²) in [5, 5.41) is 12.2. The molecule has 0 saturated heterocycles. The molecule has 0 spiro atoms. The summed E-state index contributed by atoms with van der Waals surface area (Å²) in [4.78, 5) is 0. The van der Waals surface area contributed by atoms with E-state index in [1.807, 2.05) is 6.07 Å². The molecule has 6 nitrogen and oxygen atoms in total. The Bertz CT molecular complexity index is 457. The van der Waals surface area contributed by atoms with Gasteiger partial charge in [0.1, 0.15) is 0 Å². The highest BCUT2D eigenvalue weighted by Gasteiger charge is 2.16. The van der Waals surface area contributed by atoms with Crippen LogP contribution in [0.2, 0.25) is 0 Å². The normalized spacial score (nSPS) is 11.2. The highest BCUT2D eigenvalue weighted by Crippen LogP contribution is 2.05. The van der Waals surface area contributed by atoms with Crippen LogP contribution in [0.5, 0.6) is 0 Å². The average molecular weight is 228 g/mol. The van der Waals surface area contributed by atoms with Gasteiger partial charge >= 0.3 is 0 Å². The molecule has 0 aliphatic heterocycles. The first-order valence-electron chi connectivity index (χ1n) is 4.42. The Labute approximate surface area is 88.6 Å². The van der Waals surface area contributed by atoms with Gasteiger partial charge in [0.05, 0.1) is 12.3 Å². The minimum absolute atomic E-state index is 0.124. The lowest BCUT2D eigenvalue weighted by Gasteiger charge is -2.05. The Balaban J connectivity index is 2.62. The van der Waals surface area contributed by atoms with Gasteiger partial charge in [-0.1, -0.05) is 0 Å². The summed E-state index contributed by atoms with van der Waals surface area (Å²) in [7, 11) is -1.93. The third-order valence-corrected chi connectivity index (χ3v) is 3.34. The first-order valence-corrected chi connectivity index (χ1v) is 5.91. The topological polar surface area (TPSA) is 87.8 Å². The molecule has 1 aromatic rings. The number of nitrogens with one attached hydrogen (secondary N) is 1. The number of aryl methyl sites for hydroxylation is 1. The van der Waals surface area contributed by atoms with Gasteiger partial charge in [0, 0.05) is 20.0 Å². The molecule has 15 heavy (non-hydrogen) atoms. The SMILES string of the molecule is Cn1nccc1S(=O)(=O)NCCCC#N. The summed E-state index contributed by atoms with van der Waals surface area (Å²) in [5.41, 5.74) is 0. The van der Waals surface area contributed by atoms with Crippen LogP contribution < -0.4 is 4.72 Å². The summed E-state index contributed by atoms with van der Waals surface area (Å²) in [6.07, 6.45) is 2.27. The number of unbranched alkanes of at least 4 members (excludes halogenated alkanes) is 1. The minimum atomic E-state index is -3.49. The lowest BCUT2D eigenvalue weighted by Crippen LogP contribution is -2.26. The number of nitriles is 1. The second kappa shape index (κ2) is 4.91. The van der Waals surface area contributed by atoms with E-state index in [0.29, 0.717) is 12.8 Å². The molecule has 0 fully saturated rings. The van der Waals surface area contributed by atoms with Crippen molar-refractivity contribution in [1.29, 1.82) is 5.26 Å². The predicted molar refractivity (Wildman–Crippen MR) is 53.2 cm³/mol. The van der Waals surface area contributed by atoms with Crippen molar-refractivity contribution in [2.45, 2.75) is 17.9 Å². The molecule has 0 aromatic carbocycles. The largest absolute Gasteiger partial charge is 0.257 e. The average Bonchev–Trinajstić information content (AvgIpc) is 2.60. The zero-order chi connectivity index (χ0) is 11.3. The molecule has 1 aromatic heterocycles. The van der Waals surface area contributed by atoms with Gasteiger partial charge in [-0.3, -0.25) is 4.68 Å². The van der Waals surface area contributed by atoms with Crippen LogP contribution in [0, 0.1) is 11.3 Å². The summed E-state index contributed by atoms with van der Waals surface area (Å²) >= 11 is 0. The van der Waals surface area contributed by atoms with Crippen LogP contribution in [0.1, 0.15) is 12.8 Å². The van der Waals surface area contributed by atoms with Gasteiger partial charge in [0.25, 0.3) is 10.0 Å². The highest BCUT2D eigenvalue weighted by atomic mass is 32.2. The zero-order valence-electron chi connectivity index (χ0n) is 8.34. The van der Waals surface area contributed by atoms with Crippen LogP contribution >= 0.6 is 0 Å². The number of nitrogens with zero attached hydrogens (tertiary/aromatic N) is 3. The predicted octanol–water partition coefficient (Wildman–Crippen LogP) is 0.00218. The van der Waals surface area contributed by atoms with Gasteiger partial charge in [0.2, 0.25) is 0 Å². The molecule has 7 heteroatoms. The molecule has 0 radical (unpaired) electrons. The molecule has 0 aliphatic rings. The van der Waals surface area contributed by atoms with E-state index >= 15 is 0 Å². The number of aromatic nitrogens is 2. The second-order valence-corrected chi connectivity index (χ2v) is 4.67. The quantitative estimate of drug-likeness (QED) is 0.719. The van der Waals surface area contributed by atoms with Gasteiger partial charge in [-0.25, -0.2) is 13.1 Å². The van der Waals surface area contributed by atoms with E-state index in [9.17, 15) is 8.42 Å². The lowest BCUT2D eigenvalue weighted by atomic mass is 10.3. The Morgan fingerprint density at radius 2 is 2.40 bits per heavy atom. The molecule has 1 heterocycles. The maximum absolute atomic E-state index is 11.6. The number of hydrogen-bond acceptors (Lipinski definition) is 4. The van der Waals surface area contributed by atoms with Crippen LogP contribution in [0.25, 0.3) is 0 Å². The fourth-order valence-corrected chi connectivity index (χ4v) is 2.27. The minimum Gasteiger partial charge on any atom is -0.256 e. The van der Waals surface area contributed by atoms with Crippen molar-refractivity contribution in [1.82, 2.24) is 14.5 Å². The van der Waals surface area contributed by atoms with Crippen LogP contribution in [0.3, 0.4) is 0 Å². The van der Waals surface area contributed by atoms with E-state index in [0.717, 1.165) is 0 Å². The van der Waals surface area contributed by atoms with Gasteiger partial charge in [-0.05, 0) is 12.5 Å². The van der Waals surface area contributed by atoms with Crippen molar-refractivity contribution in [2.75, 3.05) is 6.54 Å². The molecule has 82 valence electrons. The van der Waals surface area contributed by atoms with E-state index in [4.69, 9.17) is 5.26 Å². The molecule has 0 aliphatic carbocycles. The molecule has 1 rings (SSSR count). The Hall–Kier alpha value is -1.39. The summed E-state index contributed by atoms with van der Waals surface area (Å²) in [5.74, 6) is 0. The first-order chi connectivity index (χ1) is 7.08. The Morgan fingerprint density at radius 1 is 1.67 bits per heavy atom. The molecular weight excluding hydrogens is 216 g/mol. The second-order valence-electron chi connectivity index (χ2n) is 2.95. The molecule has 0 bridgehead atoms. The molecule has 1 N–H and O–H groups in total. The van der Waals surface area contributed by atoms with E-state index < -0.39 is 10.0 Å². The summed E-state index contributed by atoms with van der Waals surface area (Å²) < 4.78 is 26.9. The third-order valence-electron chi connectivity index (χ3n) is 1.81. The molecule has 0 amide bonds. The zero-order valence-corrected chi connectivity index (χ0v) is 9.16. The standard InChI is InChI=1S/C8H12N4O2S/c1-12-8(4-7-10-12)15(13,14)11-6-3-2-5-9/h4,7,11H,2-3,6H2,1H3. The maximum atomic E-state index is 11.6. The van der Waals surface area contributed by atoms with Gasteiger partial charge < -0.3 is 0 Å². The van der Waals surface area contributed by atoms with E-state index in [1.54, 1.807) is 7.05 Å². The van der Waals surface area contributed by atoms with Crippen molar-refractivity contribution < 1.29 is 8.42 Å². The fourth-order valence-electron chi connectivity index (χ4n) is 1.07. The van der Waals surface area contributed by atoms with Crippen LogP contribution in [0.15, 0.2) is 17.3 Å². The van der Waals surface area contributed by atoms with E-state index in [2.05, 4.69) is 9.82 Å². The van der Waals surface area contributed by atoms with Crippen LogP contribution in [-0.4, -0.2) is 24.7 Å². The lowest BCUT2D eigenvalue weighted by molar-refractivity contribution is 0.561. The monoisotopic (exact) mass is 228 g/mol. The number of hydrogen-bond donors (Lipinski definition) is 1. The molecule has 0 saturated carbocycles. The van der Waals surface area contributed by atoms with Crippen molar-refractivity contribution in [3.63, 3.8) is 0 Å². The van der Waals surface area contributed by atoms with E-state index in [-0.39, 0.29) is 11.6 Å². The van der Waals surface area contributed by atoms with Gasteiger partial charge in [0.15, 0.2) is 5.03 Å².